The van der Waals surface area contributed by atoms with E-state index in [9.17, 15) is 26.4 Å². The molecule has 1 atom stereocenters. The van der Waals surface area contributed by atoms with Gasteiger partial charge in [-0.3, -0.25) is 4.79 Å². The van der Waals surface area contributed by atoms with Gasteiger partial charge >= 0.3 is 6.18 Å². The molecule has 188 valence electrons. The highest BCUT2D eigenvalue weighted by Gasteiger charge is 2.36. The van der Waals surface area contributed by atoms with Crippen molar-refractivity contribution in [3.8, 4) is 0 Å². The van der Waals surface area contributed by atoms with E-state index in [0.717, 1.165) is 39.4 Å². The number of halogens is 4. The number of hydrogen-bond acceptors (Lipinski definition) is 4. The maximum Gasteiger partial charge on any atom is 0.416 e. The number of hydrogen-bond donors (Lipinski definition) is 1. The summed E-state index contributed by atoms with van der Waals surface area (Å²) in [6.07, 6.45) is -3.87. The van der Waals surface area contributed by atoms with Crippen molar-refractivity contribution in [3.05, 3.63) is 74.0 Å². The van der Waals surface area contributed by atoms with Crippen LogP contribution in [-0.2, 0) is 27.5 Å². The Morgan fingerprint density at radius 1 is 1.14 bits per heavy atom. The lowest BCUT2D eigenvalue weighted by molar-refractivity contribution is -0.137. The fourth-order valence-electron chi connectivity index (χ4n) is 4.21. The fraction of sp³-hybridized carbons (Fsp3) is 0.375. The summed E-state index contributed by atoms with van der Waals surface area (Å²) in [7, 11) is -4.52. The van der Waals surface area contributed by atoms with E-state index in [2.05, 4.69) is 4.98 Å². The number of nitrogens with one attached hydrogen (secondary N) is 1. The van der Waals surface area contributed by atoms with Crippen LogP contribution in [0.25, 0.3) is 10.9 Å². The number of sulfonamides is 1. The minimum Gasteiger partial charge on any atom is -0.377 e. The van der Waals surface area contributed by atoms with E-state index in [1.54, 1.807) is 6.07 Å². The van der Waals surface area contributed by atoms with Crippen LogP contribution in [0.1, 0.15) is 35.1 Å². The summed E-state index contributed by atoms with van der Waals surface area (Å²) in [5, 5.41) is 0.417. The van der Waals surface area contributed by atoms with Crippen LogP contribution >= 0.6 is 11.6 Å². The molecular weight excluding hydrogens is 505 g/mol. The fourth-order valence-corrected chi connectivity index (χ4v) is 6.16. The summed E-state index contributed by atoms with van der Waals surface area (Å²) in [5.74, 6) is 0. The molecule has 1 saturated heterocycles. The monoisotopic (exact) mass is 528 g/mol. The first-order valence-corrected chi connectivity index (χ1v) is 12.8. The molecule has 0 amide bonds. The number of benzene rings is 2. The SMILES string of the molecule is Cc1ccc(C)c2[nH]c(=O)c(CN(C[C@@H]3CCCO3)S(=O)(=O)c3cc(C(F)(F)F)ccc3Cl)cc12. The molecule has 6 nitrogen and oxygen atoms in total. The zero-order valence-electron chi connectivity index (χ0n) is 19.1. The van der Waals surface area contributed by atoms with E-state index < -0.39 is 38.3 Å². The Morgan fingerprint density at radius 3 is 2.51 bits per heavy atom. The van der Waals surface area contributed by atoms with Crippen LogP contribution in [-0.4, -0.2) is 37.0 Å². The van der Waals surface area contributed by atoms with Crippen molar-refractivity contribution in [2.75, 3.05) is 13.2 Å². The number of pyridine rings is 1. The highest BCUT2D eigenvalue weighted by atomic mass is 35.5. The van der Waals surface area contributed by atoms with Crippen LogP contribution in [0.5, 0.6) is 0 Å². The summed E-state index contributed by atoms with van der Waals surface area (Å²) in [6.45, 7) is 3.69. The Bertz CT molecular complexity index is 1430. The maximum atomic E-state index is 13.6. The average molecular weight is 529 g/mol. The summed E-state index contributed by atoms with van der Waals surface area (Å²) < 4.78 is 73.8. The van der Waals surface area contributed by atoms with Gasteiger partial charge in [0.05, 0.1) is 22.2 Å². The summed E-state index contributed by atoms with van der Waals surface area (Å²) in [5.41, 5.74) is 0.941. The van der Waals surface area contributed by atoms with E-state index in [1.165, 1.54) is 0 Å². The van der Waals surface area contributed by atoms with Crippen LogP contribution in [0, 0.1) is 13.8 Å². The topological polar surface area (TPSA) is 79.5 Å². The van der Waals surface area contributed by atoms with Gasteiger partial charge in [0, 0.05) is 30.6 Å². The summed E-state index contributed by atoms with van der Waals surface area (Å²) in [6, 6.07) is 7.56. The molecule has 1 aliphatic rings. The molecule has 0 unspecified atom stereocenters. The number of aromatic nitrogens is 1. The van der Waals surface area contributed by atoms with E-state index >= 15 is 0 Å². The third kappa shape index (κ3) is 5.25. The first-order valence-electron chi connectivity index (χ1n) is 11.0. The lowest BCUT2D eigenvalue weighted by atomic mass is 10.0. The number of fused-ring (bicyclic) bond motifs is 1. The number of aromatic amines is 1. The molecule has 4 rings (SSSR count). The van der Waals surface area contributed by atoms with Crippen molar-refractivity contribution in [2.45, 2.75) is 50.4 Å². The Hall–Kier alpha value is -2.40. The molecule has 11 heteroatoms. The Labute approximate surface area is 205 Å². The molecule has 3 aromatic rings. The molecule has 2 heterocycles. The van der Waals surface area contributed by atoms with Crippen LogP contribution in [0.3, 0.4) is 0 Å². The third-order valence-corrected chi connectivity index (χ3v) is 8.47. The zero-order valence-corrected chi connectivity index (χ0v) is 20.6. The molecule has 1 N–H and O–H groups in total. The second kappa shape index (κ2) is 9.57. The summed E-state index contributed by atoms with van der Waals surface area (Å²) >= 11 is 6.07. The van der Waals surface area contributed by atoms with Crippen molar-refractivity contribution >= 4 is 32.5 Å². The van der Waals surface area contributed by atoms with Crippen LogP contribution in [0.4, 0.5) is 13.2 Å². The first-order chi connectivity index (χ1) is 16.4. The number of ether oxygens (including phenoxy) is 1. The van der Waals surface area contributed by atoms with E-state index in [4.69, 9.17) is 16.3 Å². The highest BCUT2D eigenvalue weighted by molar-refractivity contribution is 7.89. The molecule has 0 radical (unpaired) electrons. The van der Waals surface area contributed by atoms with Crippen molar-refractivity contribution in [2.24, 2.45) is 0 Å². The van der Waals surface area contributed by atoms with Gasteiger partial charge in [-0.05, 0) is 62.1 Å². The molecule has 0 aliphatic carbocycles. The molecule has 0 spiro atoms. The van der Waals surface area contributed by atoms with Crippen molar-refractivity contribution in [1.29, 1.82) is 0 Å². The molecule has 2 aromatic carbocycles. The standard InChI is InChI=1S/C24H24ClF3N2O4S/c1-14-5-6-15(2)22-19(14)10-16(23(31)29-22)12-30(13-18-4-3-9-34-18)35(32,33)21-11-17(24(26,27)28)7-8-20(21)25/h5-8,10-11,18H,3-4,9,12-13H2,1-2H3,(H,29,31)/t18-/m0/s1. The largest absolute Gasteiger partial charge is 0.416 e. The Balaban J connectivity index is 1.81. The minimum absolute atomic E-state index is 0.126. The molecular formula is C24H24ClF3N2O4S. The van der Waals surface area contributed by atoms with Crippen LogP contribution in [0.2, 0.25) is 5.02 Å². The van der Waals surface area contributed by atoms with Gasteiger partial charge in [-0.1, -0.05) is 23.7 Å². The molecule has 35 heavy (non-hydrogen) atoms. The lowest BCUT2D eigenvalue weighted by Crippen LogP contribution is -2.38. The molecule has 1 fully saturated rings. The van der Waals surface area contributed by atoms with Crippen molar-refractivity contribution in [1.82, 2.24) is 9.29 Å². The first kappa shape index (κ1) is 25.7. The van der Waals surface area contributed by atoms with Crippen LogP contribution in [0.15, 0.2) is 46.1 Å². The van der Waals surface area contributed by atoms with Gasteiger partial charge in [-0.15, -0.1) is 0 Å². The number of rotatable bonds is 6. The second-order valence-electron chi connectivity index (χ2n) is 8.69. The van der Waals surface area contributed by atoms with E-state index in [1.807, 2.05) is 26.0 Å². The lowest BCUT2D eigenvalue weighted by Gasteiger charge is -2.25. The zero-order chi connectivity index (χ0) is 25.5. The predicted octanol–water partition coefficient (Wildman–Crippen LogP) is 5.19. The quantitative estimate of drug-likeness (QED) is 0.478. The second-order valence-corrected chi connectivity index (χ2v) is 11.0. The van der Waals surface area contributed by atoms with Gasteiger partial charge in [-0.25, -0.2) is 8.42 Å². The summed E-state index contributed by atoms with van der Waals surface area (Å²) in [4.78, 5) is 15.0. The highest BCUT2D eigenvalue weighted by Crippen LogP contribution is 2.35. The maximum absolute atomic E-state index is 13.6. The number of nitrogens with zero attached hydrogens (tertiary/aromatic N) is 1. The van der Waals surface area contributed by atoms with Crippen molar-refractivity contribution < 1.29 is 26.3 Å². The van der Waals surface area contributed by atoms with E-state index in [-0.39, 0.29) is 23.7 Å². The number of alkyl halides is 3. The van der Waals surface area contributed by atoms with Gasteiger partial charge in [0.15, 0.2) is 0 Å². The number of H-pyrrole nitrogens is 1. The van der Waals surface area contributed by atoms with Gasteiger partial charge in [0.2, 0.25) is 10.0 Å². The van der Waals surface area contributed by atoms with Gasteiger partial charge < -0.3 is 9.72 Å². The van der Waals surface area contributed by atoms with Crippen molar-refractivity contribution in [3.63, 3.8) is 0 Å². The molecule has 1 aliphatic heterocycles. The normalized spacial score (nSPS) is 16.9. The Kier molecular flexibility index (Phi) is 7.02. The van der Waals surface area contributed by atoms with Gasteiger partial charge in [0.1, 0.15) is 4.90 Å². The average Bonchev–Trinajstić information content (AvgIpc) is 3.29. The van der Waals surface area contributed by atoms with Gasteiger partial charge in [0.25, 0.3) is 5.56 Å². The molecule has 0 saturated carbocycles. The predicted molar refractivity (Wildman–Crippen MR) is 127 cm³/mol. The Morgan fingerprint density at radius 2 is 1.86 bits per heavy atom. The molecule has 1 aromatic heterocycles. The van der Waals surface area contributed by atoms with Crippen LogP contribution < -0.4 is 5.56 Å². The minimum atomic E-state index is -4.75. The van der Waals surface area contributed by atoms with E-state index in [0.29, 0.717) is 24.6 Å². The molecule has 0 bridgehead atoms. The third-order valence-electron chi connectivity index (χ3n) is 6.17. The smallest absolute Gasteiger partial charge is 0.377 e. The number of aryl methyl sites for hydroxylation is 2. The van der Waals surface area contributed by atoms with Gasteiger partial charge in [-0.2, -0.15) is 17.5 Å².